The van der Waals surface area contributed by atoms with Gasteiger partial charge in [-0.05, 0) is 55.9 Å². The van der Waals surface area contributed by atoms with Crippen LogP contribution in [0, 0.1) is 12.8 Å². The van der Waals surface area contributed by atoms with Gasteiger partial charge in [-0.25, -0.2) is 0 Å². The highest BCUT2D eigenvalue weighted by Crippen LogP contribution is 2.22. The fourth-order valence-electron chi connectivity index (χ4n) is 3.01. The summed E-state index contributed by atoms with van der Waals surface area (Å²) in [5, 5.41) is 0. The number of anilines is 1. The van der Waals surface area contributed by atoms with Crippen LogP contribution in [-0.4, -0.2) is 11.7 Å². The number of rotatable bonds is 7. The SMILES string of the molecule is CC(=O)c1ccc(CCC(C)C)cc1CN(C(C)=O)c1ccc(C)cc1. The van der Waals surface area contributed by atoms with Crippen molar-refractivity contribution in [3.05, 3.63) is 64.7 Å². The van der Waals surface area contributed by atoms with E-state index in [9.17, 15) is 9.59 Å². The molecule has 0 aliphatic rings. The average molecular weight is 351 g/mol. The molecule has 0 fully saturated rings. The Hall–Kier alpha value is -2.42. The van der Waals surface area contributed by atoms with Gasteiger partial charge in [0.15, 0.2) is 5.78 Å². The summed E-state index contributed by atoms with van der Waals surface area (Å²) < 4.78 is 0. The van der Waals surface area contributed by atoms with Gasteiger partial charge in [-0.3, -0.25) is 9.59 Å². The summed E-state index contributed by atoms with van der Waals surface area (Å²) in [4.78, 5) is 26.1. The number of amides is 1. The van der Waals surface area contributed by atoms with Crippen LogP contribution in [0.4, 0.5) is 5.69 Å². The van der Waals surface area contributed by atoms with Crippen molar-refractivity contribution in [3.8, 4) is 0 Å². The zero-order valence-corrected chi connectivity index (χ0v) is 16.5. The van der Waals surface area contributed by atoms with Crippen molar-refractivity contribution in [1.29, 1.82) is 0 Å². The summed E-state index contributed by atoms with van der Waals surface area (Å²) in [5.74, 6) is 0.631. The third kappa shape index (κ3) is 5.29. The molecule has 0 aromatic heterocycles. The normalized spacial score (nSPS) is 10.8. The quantitative estimate of drug-likeness (QED) is 0.632. The minimum Gasteiger partial charge on any atom is -0.308 e. The van der Waals surface area contributed by atoms with Crippen molar-refractivity contribution in [2.24, 2.45) is 5.92 Å². The second-order valence-electron chi connectivity index (χ2n) is 7.42. The van der Waals surface area contributed by atoms with E-state index in [2.05, 4.69) is 19.9 Å². The van der Waals surface area contributed by atoms with E-state index >= 15 is 0 Å². The fraction of sp³-hybridized carbons (Fsp3) is 0.391. The molecule has 2 aromatic carbocycles. The molecular formula is C23H29NO2. The Morgan fingerprint density at radius 1 is 1.00 bits per heavy atom. The number of aryl methyl sites for hydroxylation is 2. The highest BCUT2D eigenvalue weighted by Gasteiger charge is 2.16. The molecule has 0 heterocycles. The van der Waals surface area contributed by atoms with Crippen LogP contribution < -0.4 is 4.90 Å². The van der Waals surface area contributed by atoms with Crippen molar-refractivity contribution >= 4 is 17.4 Å². The maximum atomic E-state index is 12.3. The highest BCUT2D eigenvalue weighted by atomic mass is 16.2. The molecule has 0 bridgehead atoms. The average Bonchev–Trinajstić information content (AvgIpc) is 2.58. The van der Waals surface area contributed by atoms with Gasteiger partial charge in [-0.15, -0.1) is 0 Å². The molecular weight excluding hydrogens is 322 g/mol. The van der Waals surface area contributed by atoms with Gasteiger partial charge in [0, 0.05) is 18.2 Å². The van der Waals surface area contributed by atoms with Crippen LogP contribution in [0.1, 0.15) is 61.2 Å². The Morgan fingerprint density at radius 3 is 2.19 bits per heavy atom. The van der Waals surface area contributed by atoms with Crippen molar-refractivity contribution in [2.75, 3.05) is 4.90 Å². The first-order chi connectivity index (χ1) is 12.3. The van der Waals surface area contributed by atoms with Gasteiger partial charge in [0.2, 0.25) is 5.91 Å². The standard InChI is InChI=1S/C23H29NO2/c1-16(2)6-9-20-10-13-23(18(4)25)21(14-20)15-24(19(5)26)22-11-7-17(3)8-12-22/h7-8,10-14,16H,6,9,15H2,1-5H3. The number of benzene rings is 2. The summed E-state index contributed by atoms with van der Waals surface area (Å²) in [5.41, 5.74) is 4.82. The summed E-state index contributed by atoms with van der Waals surface area (Å²) in [6.07, 6.45) is 2.08. The Bertz CT molecular complexity index is 775. The van der Waals surface area contributed by atoms with E-state index in [1.54, 1.807) is 18.7 Å². The molecule has 138 valence electrons. The van der Waals surface area contributed by atoms with E-state index in [-0.39, 0.29) is 11.7 Å². The summed E-state index contributed by atoms with van der Waals surface area (Å²) in [6, 6.07) is 13.9. The maximum absolute atomic E-state index is 12.3. The Labute approximate surface area is 157 Å². The van der Waals surface area contributed by atoms with Crippen LogP contribution >= 0.6 is 0 Å². The van der Waals surface area contributed by atoms with E-state index in [0.29, 0.717) is 18.0 Å². The second-order valence-corrected chi connectivity index (χ2v) is 7.42. The first-order valence-corrected chi connectivity index (χ1v) is 9.25. The van der Waals surface area contributed by atoms with Crippen LogP contribution in [0.2, 0.25) is 0 Å². The lowest BCUT2D eigenvalue weighted by molar-refractivity contribution is -0.116. The fourth-order valence-corrected chi connectivity index (χ4v) is 3.01. The van der Waals surface area contributed by atoms with Crippen LogP contribution in [-0.2, 0) is 17.8 Å². The molecule has 26 heavy (non-hydrogen) atoms. The predicted molar refractivity (Wildman–Crippen MR) is 108 cm³/mol. The van der Waals surface area contributed by atoms with E-state index < -0.39 is 0 Å². The van der Waals surface area contributed by atoms with Crippen molar-refractivity contribution in [2.45, 2.75) is 54.0 Å². The molecule has 0 N–H and O–H groups in total. The van der Waals surface area contributed by atoms with Gasteiger partial charge in [-0.1, -0.05) is 49.7 Å². The number of carbonyl (C=O) groups excluding carboxylic acids is 2. The first-order valence-electron chi connectivity index (χ1n) is 9.25. The molecule has 0 radical (unpaired) electrons. The number of hydrogen-bond acceptors (Lipinski definition) is 2. The molecule has 2 aromatic rings. The first kappa shape index (κ1) is 19.9. The lowest BCUT2D eigenvalue weighted by Crippen LogP contribution is -2.28. The Kier molecular flexibility index (Phi) is 6.73. The minimum atomic E-state index is -0.0315. The van der Waals surface area contributed by atoms with E-state index in [0.717, 1.165) is 29.7 Å². The zero-order valence-electron chi connectivity index (χ0n) is 16.5. The number of carbonyl (C=O) groups is 2. The topological polar surface area (TPSA) is 37.4 Å². The van der Waals surface area contributed by atoms with E-state index in [1.807, 2.05) is 43.3 Å². The largest absolute Gasteiger partial charge is 0.308 e. The molecule has 1 amide bonds. The van der Waals surface area contributed by atoms with Crippen LogP contribution in [0.25, 0.3) is 0 Å². The van der Waals surface area contributed by atoms with E-state index in [1.165, 1.54) is 5.56 Å². The number of nitrogens with zero attached hydrogens (tertiary/aromatic N) is 1. The van der Waals surface area contributed by atoms with Gasteiger partial charge in [0.25, 0.3) is 0 Å². The molecule has 3 nitrogen and oxygen atoms in total. The number of hydrogen-bond donors (Lipinski definition) is 0. The van der Waals surface area contributed by atoms with Crippen LogP contribution in [0.15, 0.2) is 42.5 Å². The minimum absolute atomic E-state index is 0.0304. The van der Waals surface area contributed by atoms with Crippen molar-refractivity contribution in [1.82, 2.24) is 0 Å². The van der Waals surface area contributed by atoms with Gasteiger partial charge in [0.05, 0.1) is 6.54 Å². The van der Waals surface area contributed by atoms with Crippen LogP contribution in [0.3, 0.4) is 0 Å². The van der Waals surface area contributed by atoms with Crippen molar-refractivity contribution in [3.63, 3.8) is 0 Å². The molecule has 0 atom stereocenters. The number of ketones is 1. The summed E-state index contributed by atoms with van der Waals surface area (Å²) in [6.45, 7) is 9.99. The summed E-state index contributed by atoms with van der Waals surface area (Å²) >= 11 is 0. The molecule has 0 saturated heterocycles. The summed E-state index contributed by atoms with van der Waals surface area (Å²) in [7, 11) is 0. The molecule has 0 aliphatic carbocycles. The molecule has 0 unspecified atom stereocenters. The Morgan fingerprint density at radius 2 is 1.65 bits per heavy atom. The lowest BCUT2D eigenvalue weighted by Gasteiger charge is -2.23. The third-order valence-corrected chi connectivity index (χ3v) is 4.61. The van der Waals surface area contributed by atoms with Gasteiger partial charge < -0.3 is 4.90 Å². The molecule has 0 spiro atoms. The van der Waals surface area contributed by atoms with Gasteiger partial charge >= 0.3 is 0 Å². The Balaban J connectivity index is 2.36. The van der Waals surface area contributed by atoms with Crippen LogP contribution in [0.5, 0.6) is 0 Å². The molecule has 0 aliphatic heterocycles. The van der Waals surface area contributed by atoms with Gasteiger partial charge in [0.1, 0.15) is 0 Å². The van der Waals surface area contributed by atoms with Crippen molar-refractivity contribution < 1.29 is 9.59 Å². The molecule has 3 heteroatoms. The van der Waals surface area contributed by atoms with E-state index in [4.69, 9.17) is 0 Å². The smallest absolute Gasteiger partial charge is 0.224 e. The number of Topliss-reactive ketones (excluding diaryl/α,β-unsaturated/α-hetero) is 1. The monoisotopic (exact) mass is 351 g/mol. The van der Waals surface area contributed by atoms with Gasteiger partial charge in [-0.2, -0.15) is 0 Å². The maximum Gasteiger partial charge on any atom is 0.224 e. The molecule has 0 saturated carbocycles. The molecule has 2 rings (SSSR count). The third-order valence-electron chi connectivity index (χ3n) is 4.61. The predicted octanol–water partition coefficient (Wildman–Crippen LogP) is 5.34. The second kappa shape index (κ2) is 8.79. The highest BCUT2D eigenvalue weighted by molar-refractivity contribution is 5.97. The zero-order chi connectivity index (χ0) is 19.3. The lowest BCUT2D eigenvalue weighted by atomic mass is 9.96.